The molecule has 0 saturated heterocycles. The average Bonchev–Trinajstić information content (AvgIpc) is 3.62. The Morgan fingerprint density at radius 2 is 1.36 bits per heavy atom. The number of amidine groups is 1. The van der Waals surface area contributed by atoms with E-state index in [0.717, 1.165) is 30.3 Å². The van der Waals surface area contributed by atoms with Gasteiger partial charge in [0.2, 0.25) is 41.2 Å². The van der Waals surface area contributed by atoms with Gasteiger partial charge in [0.1, 0.15) is 71.0 Å². The zero-order valence-electron chi connectivity index (χ0n) is 43.0. The molecule has 5 aromatic carbocycles. The molecule has 5 aliphatic heterocycles. The molecule has 0 fully saturated rings. The van der Waals surface area contributed by atoms with Crippen LogP contribution < -0.4 is 52.4 Å². The molecular weight excluding hydrogens is 1100 g/mol. The number of nitriles is 1. The number of likely N-dealkylation sites (N-methyl/N-ethyl adjacent to an activating group) is 1. The van der Waals surface area contributed by atoms with Crippen molar-refractivity contribution in [1.82, 2.24) is 37.2 Å². The first kappa shape index (κ1) is 58.3. The van der Waals surface area contributed by atoms with E-state index in [2.05, 4.69) is 42.2 Å². The van der Waals surface area contributed by atoms with Crippen molar-refractivity contribution < 1.29 is 74.0 Å². The molecule has 0 radical (unpaired) electrons. The minimum absolute atomic E-state index is 0.0270. The largest absolute Gasteiger partial charge is 0.508 e. The van der Waals surface area contributed by atoms with Crippen LogP contribution in [0.15, 0.2) is 83.9 Å². The number of primary amides is 1. The van der Waals surface area contributed by atoms with Crippen LogP contribution in [0.4, 0.5) is 0 Å². The van der Waals surface area contributed by atoms with E-state index in [-0.39, 0.29) is 72.8 Å². The second-order valence-electron chi connectivity index (χ2n) is 19.6. The van der Waals surface area contributed by atoms with E-state index >= 15 is 9.59 Å². The molecule has 5 aliphatic rings. The summed E-state index contributed by atoms with van der Waals surface area (Å²) in [7, 11) is 1.51. The van der Waals surface area contributed by atoms with Crippen LogP contribution in [0.3, 0.4) is 0 Å². The first-order valence-electron chi connectivity index (χ1n) is 24.9. The fourth-order valence-electron chi connectivity index (χ4n) is 9.50. The van der Waals surface area contributed by atoms with Gasteiger partial charge in [-0.2, -0.15) is 5.26 Å². The number of aliphatic hydroxyl groups excluding tert-OH is 3. The number of nitrogens with one attached hydrogen (secondary N) is 7. The van der Waals surface area contributed by atoms with Crippen molar-refractivity contribution in [1.29, 1.82) is 5.26 Å². The van der Waals surface area contributed by atoms with Gasteiger partial charge in [0.25, 0.3) is 0 Å². The molecule has 5 aromatic rings. The second kappa shape index (κ2) is 24.2. The Labute approximate surface area is 470 Å². The molecule has 11 bridgehead atoms. The van der Waals surface area contributed by atoms with E-state index in [4.69, 9.17) is 38.4 Å². The van der Waals surface area contributed by atoms with E-state index < -0.39 is 143 Å². The molecule has 0 unspecified atom stereocenters. The van der Waals surface area contributed by atoms with Gasteiger partial charge < -0.3 is 82.9 Å². The Kier molecular flexibility index (Phi) is 17.4. The molecule has 0 saturated carbocycles. The predicted octanol–water partition coefficient (Wildman–Crippen LogP) is 2.66. The summed E-state index contributed by atoms with van der Waals surface area (Å²) in [6, 6.07) is 2.84. The summed E-state index contributed by atoms with van der Waals surface area (Å²) in [6.07, 6.45) is -2.90. The van der Waals surface area contributed by atoms with Gasteiger partial charge in [-0.3, -0.25) is 39.1 Å². The molecular formula is C54H54Cl2N10O15. The van der Waals surface area contributed by atoms with Gasteiger partial charge in [-0.05, 0) is 102 Å². The number of phenolic OH excluding ortho intramolecular Hbond substituents is 4. The number of amides is 6. The number of aromatic hydroxyl groups is 4. The number of aliphatic hydroxyl groups is 3. The third-order valence-electron chi connectivity index (χ3n) is 13.5. The Hall–Kier alpha value is -8.90. The number of carbonyl (C=O) groups excluding carboxylic acids is 6. The highest BCUT2D eigenvalue weighted by Crippen LogP contribution is 2.48. The topological polar surface area (TPSA) is 409 Å². The SMILES string of the molecule is CN[C@H](CC(C)C)C(=O)N[C@H]1C(=O)N[C@@H](CC(N)=O)C(=O)N[C@H]2C(NC#N)=N[C@H]3C(=O)N[C@H](C(=O)N[C@H](CO)c4cc(O)cc(O)c4-c4cc3ccc4O)[C@H](O)c3ccc(c(Cl)c3)Oc3cc2cc(c3O)Oc2ccc(cc2Cl)[C@H]1O. The van der Waals surface area contributed by atoms with Crippen LogP contribution in [0.5, 0.6) is 46.0 Å². The number of fused-ring (bicyclic) bond motifs is 14. The van der Waals surface area contributed by atoms with E-state index in [1.54, 1.807) is 6.19 Å². The summed E-state index contributed by atoms with van der Waals surface area (Å²) in [4.78, 5) is 90.6. The maximum Gasteiger partial charge on any atom is 0.250 e. The summed E-state index contributed by atoms with van der Waals surface area (Å²) in [5.74, 6) is -11.3. The van der Waals surface area contributed by atoms with Gasteiger partial charge >= 0.3 is 0 Å². The summed E-state index contributed by atoms with van der Waals surface area (Å²) in [6.45, 7) is 2.80. The highest BCUT2D eigenvalue weighted by Gasteiger charge is 2.40. The van der Waals surface area contributed by atoms with Crippen molar-refractivity contribution in [3.63, 3.8) is 0 Å². The summed E-state index contributed by atoms with van der Waals surface area (Å²) < 4.78 is 12.4. The lowest BCUT2D eigenvalue weighted by Gasteiger charge is -2.31. The van der Waals surface area contributed by atoms with Gasteiger partial charge in [0.15, 0.2) is 23.7 Å². The quantitative estimate of drug-likeness (QED) is 0.0784. The van der Waals surface area contributed by atoms with E-state index in [9.17, 15) is 60.2 Å². The highest BCUT2D eigenvalue weighted by molar-refractivity contribution is 6.32. The Balaban J connectivity index is 1.42. The van der Waals surface area contributed by atoms with Crippen LogP contribution in [0, 0.1) is 17.4 Å². The molecule has 424 valence electrons. The van der Waals surface area contributed by atoms with Crippen molar-refractivity contribution in [3.8, 4) is 63.3 Å². The number of benzene rings is 5. The number of halogens is 2. The fourth-order valence-corrected chi connectivity index (χ4v) is 9.95. The van der Waals surface area contributed by atoms with Crippen LogP contribution in [0.2, 0.25) is 10.0 Å². The molecule has 10 rings (SSSR count). The Morgan fingerprint density at radius 3 is 1.94 bits per heavy atom. The van der Waals surface area contributed by atoms with Crippen LogP contribution >= 0.6 is 23.2 Å². The lowest BCUT2D eigenvalue weighted by molar-refractivity contribution is -0.136. The number of phenols is 4. The maximum atomic E-state index is 15.2. The van der Waals surface area contributed by atoms with Gasteiger partial charge in [-0.15, -0.1) is 0 Å². The summed E-state index contributed by atoms with van der Waals surface area (Å²) in [5, 5.41) is 108. The molecule has 0 aliphatic carbocycles. The third-order valence-corrected chi connectivity index (χ3v) is 14.1. The molecule has 6 amide bonds. The standard InChI is InChI=1S/C54H54Cl2N10O15/c1-21(2)10-31(59-3)50(75)65-44-46(72)23-5-8-36(29(55)12-23)80-38-14-25-15-39(48(38)74)81-37-9-6-24(13-30(37)56)47(73)45-54(79)62-33(19-67)27-16-26(68)17-35(70)41(27)28-11-22(4-7-34(28)69)43(52(77)66-45)63-49(60-20-57)42(25)64-51(76)32(18-40(58)71)61-53(44)78/h4-9,11-17,21,31-33,42-47,59,67-70,72-74H,10,18-19H2,1-3H3,(H2,58,71)(H,60,63)(H,61,78)(H,62,79)(H,64,76)(H,65,75)(H,66,77)/t31-,32+,33-,42-,43-,44-,45+,46-,47-/m1/s1. The zero-order chi connectivity index (χ0) is 58.7. The van der Waals surface area contributed by atoms with E-state index in [0.29, 0.717) is 0 Å². The van der Waals surface area contributed by atoms with Gasteiger partial charge in [-0.25, -0.2) is 0 Å². The normalized spacial score (nSPS) is 22.2. The number of aliphatic imine (C=N–C) groups is 1. The first-order valence-corrected chi connectivity index (χ1v) is 25.6. The summed E-state index contributed by atoms with van der Waals surface area (Å²) >= 11 is 13.6. The van der Waals surface area contributed by atoms with Gasteiger partial charge in [0, 0.05) is 17.2 Å². The Bertz CT molecular complexity index is 3430. The van der Waals surface area contributed by atoms with Crippen molar-refractivity contribution in [2.75, 3.05) is 13.7 Å². The number of carbonyl (C=O) groups is 6. The monoisotopic (exact) mass is 1150 g/mol. The van der Waals surface area contributed by atoms with Crippen molar-refractivity contribution >= 4 is 64.5 Å². The lowest BCUT2D eigenvalue weighted by atomic mass is 9.90. The fraction of sp³-hybridized carbons (Fsp3) is 0.296. The van der Waals surface area contributed by atoms with Crippen molar-refractivity contribution in [3.05, 3.63) is 117 Å². The van der Waals surface area contributed by atoms with Gasteiger partial charge in [0.05, 0.1) is 35.2 Å². The molecule has 5 heterocycles. The molecule has 0 aromatic heterocycles. The number of hydrogen-bond acceptors (Lipinski definition) is 19. The van der Waals surface area contributed by atoms with Crippen LogP contribution in [0.25, 0.3) is 11.1 Å². The number of nitrogens with zero attached hydrogens (tertiary/aromatic N) is 2. The number of hydrogen-bond donors (Lipinski definition) is 15. The summed E-state index contributed by atoms with van der Waals surface area (Å²) in [5.41, 5.74) is 4.44. The number of ether oxygens (including phenoxy) is 2. The smallest absolute Gasteiger partial charge is 0.250 e. The van der Waals surface area contributed by atoms with Crippen LogP contribution in [-0.2, 0) is 28.8 Å². The minimum atomic E-state index is -2.03. The zero-order valence-corrected chi connectivity index (χ0v) is 44.5. The third kappa shape index (κ3) is 12.5. The molecule has 27 heteroatoms. The Morgan fingerprint density at radius 1 is 0.741 bits per heavy atom. The van der Waals surface area contributed by atoms with Crippen molar-refractivity contribution in [2.24, 2.45) is 16.6 Å². The minimum Gasteiger partial charge on any atom is -0.508 e. The number of nitrogens with two attached hydrogens (primary N) is 1. The molecule has 9 atom stereocenters. The van der Waals surface area contributed by atoms with Gasteiger partial charge in [-0.1, -0.05) is 55.2 Å². The molecule has 81 heavy (non-hydrogen) atoms. The highest BCUT2D eigenvalue weighted by atomic mass is 35.5. The van der Waals surface area contributed by atoms with Crippen molar-refractivity contribution in [2.45, 2.75) is 81.2 Å². The molecule has 25 nitrogen and oxygen atoms in total. The second-order valence-corrected chi connectivity index (χ2v) is 20.4. The van der Waals surface area contributed by atoms with E-state index in [1.165, 1.54) is 55.6 Å². The molecule has 16 N–H and O–H groups in total. The van der Waals surface area contributed by atoms with E-state index in [1.807, 2.05) is 13.8 Å². The number of rotatable bonds is 8. The average molecular weight is 1150 g/mol. The maximum absolute atomic E-state index is 15.2. The van der Waals surface area contributed by atoms with Crippen LogP contribution in [-0.4, -0.2) is 115 Å². The predicted molar refractivity (Wildman–Crippen MR) is 288 cm³/mol. The first-order chi connectivity index (χ1) is 38.5. The lowest BCUT2D eigenvalue weighted by Crippen LogP contribution is -2.59. The van der Waals surface area contributed by atoms with Crippen LogP contribution in [0.1, 0.15) is 84.8 Å². The molecule has 0 spiro atoms.